The molecule has 1 aliphatic rings. The van der Waals surface area contributed by atoms with E-state index in [4.69, 9.17) is 0 Å². The van der Waals surface area contributed by atoms with E-state index in [2.05, 4.69) is 31.3 Å². The molecular formula is C14H19N3O. The Labute approximate surface area is 106 Å². The highest BCUT2D eigenvalue weighted by molar-refractivity contribution is 5.78. The molecule has 0 saturated carbocycles. The maximum absolute atomic E-state index is 12.4. The van der Waals surface area contributed by atoms with Gasteiger partial charge in [0.1, 0.15) is 0 Å². The van der Waals surface area contributed by atoms with E-state index in [0.29, 0.717) is 6.04 Å². The fourth-order valence-corrected chi connectivity index (χ4v) is 2.83. The van der Waals surface area contributed by atoms with Crippen molar-refractivity contribution in [1.82, 2.24) is 14.5 Å². The van der Waals surface area contributed by atoms with Gasteiger partial charge in [-0.1, -0.05) is 0 Å². The lowest BCUT2D eigenvalue weighted by molar-refractivity contribution is 0.535. The molecule has 1 fully saturated rings. The van der Waals surface area contributed by atoms with Crippen molar-refractivity contribution < 1.29 is 0 Å². The van der Waals surface area contributed by atoms with Crippen LogP contribution in [0.15, 0.2) is 16.9 Å². The Kier molecular flexibility index (Phi) is 2.55. The first kappa shape index (κ1) is 11.5. The number of rotatable bonds is 1. The van der Waals surface area contributed by atoms with Gasteiger partial charge in [-0.05, 0) is 50.1 Å². The molecule has 0 amide bonds. The molecule has 1 aromatic heterocycles. The van der Waals surface area contributed by atoms with E-state index < -0.39 is 0 Å². The molecule has 1 aromatic carbocycles. The number of hydrogen-bond donors (Lipinski definition) is 1. The third-order valence-electron chi connectivity index (χ3n) is 4.10. The maximum Gasteiger partial charge on any atom is 0.329 e. The minimum Gasteiger partial charge on any atom is -0.315 e. The van der Waals surface area contributed by atoms with Gasteiger partial charge in [0, 0.05) is 13.6 Å². The van der Waals surface area contributed by atoms with Crippen molar-refractivity contribution in [2.24, 2.45) is 7.05 Å². The summed E-state index contributed by atoms with van der Waals surface area (Å²) in [5.41, 5.74) is 4.69. The Morgan fingerprint density at radius 1 is 1.22 bits per heavy atom. The van der Waals surface area contributed by atoms with Crippen LogP contribution in [0, 0.1) is 13.8 Å². The van der Waals surface area contributed by atoms with Crippen molar-refractivity contribution in [2.45, 2.75) is 26.3 Å². The van der Waals surface area contributed by atoms with E-state index in [1.54, 1.807) is 4.57 Å². The van der Waals surface area contributed by atoms with Crippen LogP contribution in [0.4, 0.5) is 0 Å². The minimum absolute atomic E-state index is 0.101. The Morgan fingerprint density at radius 2 is 1.89 bits per heavy atom. The van der Waals surface area contributed by atoms with E-state index in [1.807, 2.05) is 11.6 Å². The van der Waals surface area contributed by atoms with Crippen LogP contribution in [-0.4, -0.2) is 22.2 Å². The summed E-state index contributed by atoms with van der Waals surface area (Å²) in [5, 5.41) is 3.33. The van der Waals surface area contributed by atoms with Crippen LogP contribution < -0.4 is 11.0 Å². The topological polar surface area (TPSA) is 39.0 Å². The van der Waals surface area contributed by atoms with Crippen molar-refractivity contribution in [2.75, 3.05) is 13.1 Å². The zero-order chi connectivity index (χ0) is 12.9. The van der Waals surface area contributed by atoms with Gasteiger partial charge >= 0.3 is 5.69 Å². The lowest BCUT2D eigenvalue weighted by Crippen LogP contribution is -2.27. The van der Waals surface area contributed by atoms with Crippen LogP contribution in [-0.2, 0) is 7.05 Å². The molecule has 96 valence electrons. The number of fused-ring (bicyclic) bond motifs is 1. The first-order chi connectivity index (χ1) is 8.59. The smallest absolute Gasteiger partial charge is 0.315 e. The van der Waals surface area contributed by atoms with Gasteiger partial charge in [-0.15, -0.1) is 0 Å². The van der Waals surface area contributed by atoms with Crippen molar-refractivity contribution >= 4 is 11.0 Å². The van der Waals surface area contributed by atoms with Crippen molar-refractivity contribution in [3.63, 3.8) is 0 Å². The summed E-state index contributed by atoms with van der Waals surface area (Å²) in [6, 6.07) is 4.55. The number of hydrogen-bond acceptors (Lipinski definition) is 2. The highest BCUT2D eigenvalue weighted by atomic mass is 16.1. The van der Waals surface area contributed by atoms with Gasteiger partial charge in [0.15, 0.2) is 0 Å². The SMILES string of the molecule is Cc1cc2c(cc1C)n(C1CCNC1)c(=O)n2C. The molecule has 2 aromatic rings. The number of nitrogens with zero attached hydrogens (tertiary/aromatic N) is 2. The molecule has 4 nitrogen and oxygen atoms in total. The number of benzene rings is 1. The van der Waals surface area contributed by atoms with E-state index in [0.717, 1.165) is 30.5 Å². The van der Waals surface area contributed by atoms with Crippen molar-refractivity contribution in [3.05, 3.63) is 33.7 Å². The molecule has 1 atom stereocenters. The molecule has 18 heavy (non-hydrogen) atoms. The molecule has 3 rings (SSSR count). The molecule has 0 bridgehead atoms. The van der Waals surface area contributed by atoms with E-state index in [1.165, 1.54) is 11.1 Å². The Balaban J connectivity index is 2.33. The number of nitrogens with one attached hydrogen (secondary N) is 1. The Bertz CT molecular complexity index is 660. The number of imidazole rings is 1. The van der Waals surface area contributed by atoms with Crippen LogP contribution in [0.5, 0.6) is 0 Å². The standard InChI is InChI=1S/C14H19N3O/c1-9-6-12-13(7-10(9)2)17(14(18)16(12)3)11-4-5-15-8-11/h6-7,11,15H,4-5,8H2,1-3H3. The van der Waals surface area contributed by atoms with E-state index in [9.17, 15) is 4.79 Å². The second-order valence-electron chi connectivity index (χ2n) is 5.28. The van der Waals surface area contributed by atoms with Crippen LogP contribution in [0.3, 0.4) is 0 Å². The predicted octanol–water partition coefficient (Wildman–Crippen LogP) is 1.49. The molecule has 0 spiro atoms. The summed E-state index contributed by atoms with van der Waals surface area (Å²) in [4.78, 5) is 12.4. The molecule has 1 unspecified atom stereocenters. The molecular weight excluding hydrogens is 226 g/mol. The summed E-state index contributed by atoms with van der Waals surface area (Å²) >= 11 is 0. The third kappa shape index (κ3) is 1.52. The first-order valence-electron chi connectivity index (χ1n) is 6.48. The Hall–Kier alpha value is -1.55. The van der Waals surface area contributed by atoms with Gasteiger partial charge in [0.05, 0.1) is 17.1 Å². The van der Waals surface area contributed by atoms with Gasteiger partial charge < -0.3 is 5.32 Å². The summed E-state index contributed by atoms with van der Waals surface area (Å²) in [5.74, 6) is 0. The number of aromatic nitrogens is 2. The molecule has 1 N–H and O–H groups in total. The second-order valence-corrected chi connectivity index (χ2v) is 5.28. The van der Waals surface area contributed by atoms with Crippen LogP contribution >= 0.6 is 0 Å². The monoisotopic (exact) mass is 245 g/mol. The summed E-state index contributed by atoms with van der Waals surface area (Å²) in [6.07, 6.45) is 1.03. The fraction of sp³-hybridized carbons (Fsp3) is 0.500. The molecule has 1 saturated heterocycles. The third-order valence-corrected chi connectivity index (χ3v) is 4.10. The molecule has 2 heterocycles. The van der Waals surface area contributed by atoms with Crippen LogP contribution in [0.1, 0.15) is 23.6 Å². The Morgan fingerprint density at radius 3 is 2.50 bits per heavy atom. The van der Waals surface area contributed by atoms with E-state index >= 15 is 0 Å². The summed E-state index contributed by atoms with van der Waals surface area (Å²) in [6.45, 7) is 6.08. The first-order valence-corrected chi connectivity index (χ1v) is 6.48. The fourth-order valence-electron chi connectivity index (χ4n) is 2.83. The zero-order valence-electron chi connectivity index (χ0n) is 11.2. The normalized spacial score (nSPS) is 19.8. The quantitative estimate of drug-likeness (QED) is 0.826. The van der Waals surface area contributed by atoms with Crippen LogP contribution in [0.2, 0.25) is 0 Å². The van der Waals surface area contributed by atoms with Crippen molar-refractivity contribution in [3.8, 4) is 0 Å². The summed E-state index contributed by atoms with van der Waals surface area (Å²) < 4.78 is 3.72. The molecule has 0 aliphatic carbocycles. The van der Waals surface area contributed by atoms with Crippen LogP contribution in [0.25, 0.3) is 11.0 Å². The summed E-state index contributed by atoms with van der Waals surface area (Å²) in [7, 11) is 1.86. The molecule has 4 heteroatoms. The highest BCUT2D eigenvalue weighted by Crippen LogP contribution is 2.23. The zero-order valence-corrected chi connectivity index (χ0v) is 11.2. The second kappa shape index (κ2) is 3.99. The molecule has 0 radical (unpaired) electrons. The van der Waals surface area contributed by atoms with Gasteiger partial charge in [-0.2, -0.15) is 0 Å². The largest absolute Gasteiger partial charge is 0.329 e. The lowest BCUT2D eigenvalue weighted by Gasteiger charge is -2.11. The highest BCUT2D eigenvalue weighted by Gasteiger charge is 2.22. The average molecular weight is 245 g/mol. The maximum atomic E-state index is 12.4. The van der Waals surface area contributed by atoms with Gasteiger partial charge in [0.25, 0.3) is 0 Å². The molecule has 1 aliphatic heterocycles. The van der Waals surface area contributed by atoms with E-state index in [-0.39, 0.29) is 5.69 Å². The van der Waals surface area contributed by atoms with Gasteiger partial charge in [-0.3, -0.25) is 9.13 Å². The van der Waals surface area contributed by atoms with Gasteiger partial charge in [-0.25, -0.2) is 4.79 Å². The number of aryl methyl sites for hydroxylation is 3. The van der Waals surface area contributed by atoms with Gasteiger partial charge in [0.2, 0.25) is 0 Å². The lowest BCUT2D eigenvalue weighted by atomic mass is 10.1. The predicted molar refractivity (Wildman–Crippen MR) is 73.2 cm³/mol. The van der Waals surface area contributed by atoms with Crippen molar-refractivity contribution in [1.29, 1.82) is 0 Å². The minimum atomic E-state index is 0.101. The average Bonchev–Trinajstić information content (AvgIpc) is 2.92.